The number of hydrogen-bond donors (Lipinski definition) is 1. The highest BCUT2D eigenvalue weighted by Crippen LogP contribution is 2.45. The van der Waals surface area contributed by atoms with Crippen molar-refractivity contribution in [3.63, 3.8) is 0 Å². The highest BCUT2D eigenvalue weighted by molar-refractivity contribution is 5.77. The molecule has 3 rings (SSSR count). The van der Waals surface area contributed by atoms with Crippen molar-refractivity contribution in [3.8, 4) is 11.1 Å². The van der Waals surface area contributed by atoms with Crippen LogP contribution in [0.2, 0.25) is 0 Å². The maximum atomic E-state index is 6.14. The van der Waals surface area contributed by atoms with Crippen LogP contribution in [0.1, 0.15) is 30.0 Å². The molecule has 0 radical (unpaired) electrons. The predicted octanol–water partition coefficient (Wildman–Crippen LogP) is 2.86. The number of nitrogens with two attached hydrogens (primary N) is 1. The van der Waals surface area contributed by atoms with Gasteiger partial charge in [0.2, 0.25) is 0 Å². The summed E-state index contributed by atoms with van der Waals surface area (Å²) < 4.78 is 1.79. The minimum Gasteiger partial charge on any atom is -0.383 e. The Morgan fingerprint density at radius 1 is 1.24 bits per heavy atom. The predicted molar refractivity (Wildman–Crippen MR) is 69.8 cm³/mol. The van der Waals surface area contributed by atoms with Gasteiger partial charge >= 0.3 is 0 Å². The molecule has 3 heteroatoms. The molecule has 2 N–H and O–H groups in total. The molecular weight excluding hydrogens is 210 g/mol. The van der Waals surface area contributed by atoms with Gasteiger partial charge in [-0.1, -0.05) is 29.8 Å². The number of aryl methyl sites for hydroxylation is 2. The zero-order chi connectivity index (χ0) is 12.0. The second kappa shape index (κ2) is 3.62. The smallest absolute Gasteiger partial charge is 0.129 e. The van der Waals surface area contributed by atoms with Gasteiger partial charge in [-0.25, -0.2) is 0 Å². The Morgan fingerprint density at radius 3 is 2.47 bits per heavy atom. The normalized spacial score (nSPS) is 15.2. The molecule has 1 aromatic heterocycles. The Hall–Kier alpha value is -1.77. The van der Waals surface area contributed by atoms with Crippen molar-refractivity contribution in [2.24, 2.45) is 7.05 Å². The zero-order valence-corrected chi connectivity index (χ0v) is 10.3. The van der Waals surface area contributed by atoms with Gasteiger partial charge in [-0.05, 0) is 25.3 Å². The summed E-state index contributed by atoms with van der Waals surface area (Å²) in [5, 5.41) is 4.56. The summed E-state index contributed by atoms with van der Waals surface area (Å²) in [5.74, 6) is 1.39. The summed E-state index contributed by atoms with van der Waals surface area (Å²) >= 11 is 0. The van der Waals surface area contributed by atoms with Gasteiger partial charge in [-0.3, -0.25) is 4.68 Å². The lowest BCUT2D eigenvalue weighted by atomic mass is 10.0. The lowest BCUT2D eigenvalue weighted by Gasteiger charge is -2.04. The zero-order valence-electron chi connectivity index (χ0n) is 10.3. The van der Waals surface area contributed by atoms with E-state index in [-0.39, 0.29) is 0 Å². The Kier molecular flexibility index (Phi) is 2.21. The monoisotopic (exact) mass is 227 g/mol. The van der Waals surface area contributed by atoms with Crippen molar-refractivity contribution in [2.45, 2.75) is 25.7 Å². The lowest BCUT2D eigenvalue weighted by Crippen LogP contribution is -1.97. The van der Waals surface area contributed by atoms with Crippen molar-refractivity contribution < 1.29 is 0 Å². The molecule has 1 heterocycles. The fourth-order valence-electron chi connectivity index (χ4n) is 2.22. The van der Waals surface area contributed by atoms with E-state index in [1.165, 1.54) is 29.7 Å². The first kappa shape index (κ1) is 10.4. The van der Waals surface area contributed by atoms with Crippen LogP contribution in [0.25, 0.3) is 11.1 Å². The molecule has 88 valence electrons. The molecule has 2 aromatic rings. The SMILES string of the molecule is Cc1ccc(-c2c(C3CC3)nn(C)c2N)cc1. The van der Waals surface area contributed by atoms with Crippen molar-refractivity contribution in [1.82, 2.24) is 9.78 Å². The largest absolute Gasteiger partial charge is 0.383 e. The van der Waals surface area contributed by atoms with Crippen LogP contribution in [-0.4, -0.2) is 9.78 Å². The van der Waals surface area contributed by atoms with Crippen molar-refractivity contribution in [3.05, 3.63) is 35.5 Å². The number of hydrogen-bond acceptors (Lipinski definition) is 2. The standard InChI is InChI=1S/C14H17N3/c1-9-3-5-10(6-4-9)12-13(11-7-8-11)16-17(2)14(12)15/h3-6,11H,7-8,15H2,1-2H3. The van der Waals surface area contributed by atoms with Gasteiger partial charge in [-0.2, -0.15) is 5.10 Å². The maximum absolute atomic E-state index is 6.14. The fraction of sp³-hybridized carbons (Fsp3) is 0.357. The summed E-state index contributed by atoms with van der Waals surface area (Å²) in [6.45, 7) is 2.10. The molecule has 0 amide bonds. The first-order chi connectivity index (χ1) is 8.16. The number of anilines is 1. The molecule has 1 fully saturated rings. The first-order valence-electron chi connectivity index (χ1n) is 6.06. The van der Waals surface area contributed by atoms with Gasteiger partial charge < -0.3 is 5.73 Å². The number of rotatable bonds is 2. The van der Waals surface area contributed by atoms with Gasteiger partial charge in [0, 0.05) is 18.5 Å². The van der Waals surface area contributed by atoms with Gasteiger partial charge in [-0.15, -0.1) is 0 Å². The van der Waals surface area contributed by atoms with Crippen molar-refractivity contribution in [2.75, 3.05) is 5.73 Å². The van der Waals surface area contributed by atoms with Crippen molar-refractivity contribution >= 4 is 5.82 Å². The van der Waals surface area contributed by atoms with Crippen LogP contribution in [0.15, 0.2) is 24.3 Å². The molecule has 0 unspecified atom stereocenters. The van der Waals surface area contributed by atoms with E-state index in [0.29, 0.717) is 5.92 Å². The first-order valence-corrected chi connectivity index (χ1v) is 6.06. The minimum atomic E-state index is 0.620. The molecule has 0 bridgehead atoms. The molecule has 1 aliphatic carbocycles. The molecule has 1 aromatic carbocycles. The molecule has 17 heavy (non-hydrogen) atoms. The van der Waals surface area contributed by atoms with Crippen LogP contribution in [0, 0.1) is 6.92 Å². The minimum absolute atomic E-state index is 0.620. The van der Waals surface area contributed by atoms with E-state index < -0.39 is 0 Å². The average Bonchev–Trinajstić information content (AvgIpc) is 3.10. The number of benzene rings is 1. The molecule has 0 saturated heterocycles. The summed E-state index contributed by atoms with van der Waals surface area (Å²) in [6, 6.07) is 8.51. The molecule has 1 aliphatic rings. The summed E-state index contributed by atoms with van der Waals surface area (Å²) in [4.78, 5) is 0. The number of nitrogen functional groups attached to an aromatic ring is 1. The third kappa shape index (κ3) is 1.71. The van der Waals surface area contributed by atoms with Crippen LogP contribution in [0.4, 0.5) is 5.82 Å². The van der Waals surface area contributed by atoms with Gasteiger partial charge in [0.15, 0.2) is 0 Å². The van der Waals surface area contributed by atoms with Gasteiger partial charge in [0.1, 0.15) is 5.82 Å². The van der Waals surface area contributed by atoms with Gasteiger partial charge in [0.05, 0.1) is 5.69 Å². The topological polar surface area (TPSA) is 43.8 Å². The van der Waals surface area contributed by atoms with E-state index in [2.05, 4.69) is 36.3 Å². The molecule has 1 saturated carbocycles. The third-order valence-electron chi connectivity index (χ3n) is 3.42. The lowest BCUT2D eigenvalue weighted by molar-refractivity contribution is 0.753. The molecule has 0 aliphatic heterocycles. The van der Waals surface area contributed by atoms with E-state index in [1.54, 1.807) is 4.68 Å². The second-order valence-corrected chi connectivity index (χ2v) is 4.91. The highest BCUT2D eigenvalue weighted by atomic mass is 15.3. The Labute approximate surface area is 101 Å². The highest BCUT2D eigenvalue weighted by Gasteiger charge is 2.31. The van der Waals surface area contributed by atoms with Crippen molar-refractivity contribution in [1.29, 1.82) is 0 Å². The molecule has 3 nitrogen and oxygen atoms in total. The third-order valence-corrected chi connectivity index (χ3v) is 3.42. The van der Waals surface area contributed by atoms with E-state index in [1.807, 2.05) is 7.05 Å². The quantitative estimate of drug-likeness (QED) is 0.857. The summed E-state index contributed by atoms with van der Waals surface area (Å²) in [6.07, 6.45) is 2.49. The Balaban J connectivity index is 2.15. The van der Waals surface area contributed by atoms with Crippen LogP contribution >= 0.6 is 0 Å². The summed E-state index contributed by atoms with van der Waals surface area (Å²) in [7, 11) is 1.92. The van der Waals surface area contributed by atoms with Crippen LogP contribution in [0.5, 0.6) is 0 Å². The van der Waals surface area contributed by atoms with E-state index in [9.17, 15) is 0 Å². The van der Waals surface area contributed by atoms with Crippen LogP contribution in [0.3, 0.4) is 0 Å². The van der Waals surface area contributed by atoms with Crippen LogP contribution in [-0.2, 0) is 7.05 Å². The fourth-order valence-corrected chi connectivity index (χ4v) is 2.22. The number of aromatic nitrogens is 2. The Morgan fingerprint density at radius 2 is 1.88 bits per heavy atom. The van der Waals surface area contributed by atoms with Gasteiger partial charge in [0.25, 0.3) is 0 Å². The average molecular weight is 227 g/mol. The summed E-state index contributed by atoms with van der Waals surface area (Å²) in [5.41, 5.74) is 10.9. The molecule has 0 spiro atoms. The van der Waals surface area contributed by atoms with E-state index in [4.69, 9.17) is 5.73 Å². The molecule has 0 atom stereocenters. The number of nitrogens with zero attached hydrogens (tertiary/aromatic N) is 2. The van der Waals surface area contributed by atoms with Crippen LogP contribution < -0.4 is 5.73 Å². The van der Waals surface area contributed by atoms with E-state index in [0.717, 1.165) is 11.4 Å². The van der Waals surface area contributed by atoms with E-state index >= 15 is 0 Å². The maximum Gasteiger partial charge on any atom is 0.129 e. The second-order valence-electron chi connectivity index (χ2n) is 4.91. The Bertz CT molecular complexity index is 548. The molecular formula is C14H17N3.